The average molecular weight is 466 g/mol. The normalized spacial score (nSPS) is 12.0. The Hall–Kier alpha value is -4.05. The van der Waals surface area contributed by atoms with Crippen molar-refractivity contribution >= 4 is 17.1 Å². The van der Waals surface area contributed by atoms with Crippen LogP contribution in [0.2, 0.25) is 0 Å². The van der Waals surface area contributed by atoms with Gasteiger partial charge in [-0.05, 0) is 36.8 Å². The van der Waals surface area contributed by atoms with E-state index in [1.54, 1.807) is 35.9 Å². The van der Waals surface area contributed by atoms with Crippen LogP contribution >= 0.6 is 0 Å². The van der Waals surface area contributed by atoms with E-state index in [1.807, 2.05) is 31.2 Å². The minimum Gasteiger partial charge on any atom is -0.497 e. The molecule has 1 atom stereocenters. The lowest BCUT2D eigenvalue weighted by Gasteiger charge is -2.16. The number of H-pyrrole nitrogens is 1. The molecule has 0 saturated carbocycles. The van der Waals surface area contributed by atoms with E-state index in [-0.39, 0.29) is 24.3 Å². The molecule has 0 aliphatic rings. The van der Waals surface area contributed by atoms with Crippen molar-refractivity contribution in [1.29, 1.82) is 0 Å². The number of aromatic amines is 1. The summed E-state index contributed by atoms with van der Waals surface area (Å²) >= 11 is 0. The Balaban J connectivity index is 1.58. The van der Waals surface area contributed by atoms with Gasteiger partial charge in [-0.2, -0.15) is 4.98 Å². The first-order valence-corrected chi connectivity index (χ1v) is 10.8. The van der Waals surface area contributed by atoms with Gasteiger partial charge in [0.25, 0.3) is 5.56 Å². The number of anilines is 1. The van der Waals surface area contributed by atoms with Gasteiger partial charge in [-0.3, -0.25) is 14.3 Å². The summed E-state index contributed by atoms with van der Waals surface area (Å²) in [6.45, 7) is 2.49. The Morgan fingerprint density at radius 3 is 2.44 bits per heavy atom. The van der Waals surface area contributed by atoms with Crippen LogP contribution in [0.1, 0.15) is 11.1 Å². The Kier molecular flexibility index (Phi) is 6.69. The van der Waals surface area contributed by atoms with E-state index in [1.165, 1.54) is 11.6 Å². The SMILES string of the molecule is COc1ccc(OC[C@H](O)Cn2c(NCc3ccc(C)cc3)nc3c2c(=O)[nH]c(=O)n3C)cc1. The van der Waals surface area contributed by atoms with Crippen LogP contribution in [0, 0.1) is 6.92 Å². The van der Waals surface area contributed by atoms with Crippen LogP contribution in [0.4, 0.5) is 5.95 Å². The molecule has 0 fully saturated rings. The molecule has 10 heteroatoms. The molecule has 0 aliphatic heterocycles. The molecular formula is C24H27N5O5. The number of fused-ring (bicyclic) bond motifs is 1. The van der Waals surface area contributed by atoms with Crippen LogP contribution in [0.25, 0.3) is 11.2 Å². The first-order valence-electron chi connectivity index (χ1n) is 10.8. The lowest BCUT2D eigenvalue weighted by atomic mass is 10.1. The largest absolute Gasteiger partial charge is 0.497 e. The van der Waals surface area contributed by atoms with Crippen LogP contribution in [0.15, 0.2) is 58.1 Å². The van der Waals surface area contributed by atoms with Crippen LogP contribution in [-0.2, 0) is 20.1 Å². The van der Waals surface area contributed by atoms with Crippen molar-refractivity contribution in [1.82, 2.24) is 19.1 Å². The van der Waals surface area contributed by atoms with E-state index in [0.29, 0.717) is 24.0 Å². The highest BCUT2D eigenvalue weighted by Crippen LogP contribution is 2.19. The van der Waals surface area contributed by atoms with Gasteiger partial charge in [0.2, 0.25) is 5.95 Å². The van der Waals surface area contributed by atoms with Crippen molar-refractivity contribution in [3.63, 3.8) is 0 Å². The summed E-state index contributed by atoms with van der Waals surface area (Å²) in [5, 5.41) is 13.9. The maximum Gasteiger partial charge on any atom is 0.329 e. The van der Waals surface area contributed by atoms with Gasteiger partial charge in [0.15, 0.2) is 11.2 Å². The number of aromatic nitrogens is 4. The molecule has 0 bridgehead atoms. The van der Waals surface area contributed by atoms with Gasteiger partial charge in [0, 0.05) is 13.6 Å². The van der Waals surface area contributed by atoms with Crippen LogP contribution in [0.5, 0.6) is 11.5 Å². The molecule has 0 spiro atoms. The molecule has 0 amide bonds. The lowest BCUT2D eigenvalue weighted by Crippen LogP contribution is -2.31. The molecule has 0 aliphatic carbocycles. The summed E-state index contributed by atoms with van der Waals surface area (Å²) in [4.78, 5) is 31.5. The second-order valence-corrected chi connectivity index (χ2v) is 8.02. The predicted molar refractivity (Wildman–Crippen MR) is 129 cm³/mol. The van der Waals surface area contributed by atoms with Crippen molar-refractivity contribution in [2.75, 3.05) is 19.0 Å². The molecule has 34 heavy (non-hydrogen) atoms. The smallest absolute Gasteiger partial charge is 0.329 e. The van der Waals surface area contributed by atoms with Crippen molar-refractivity contribution in [2.45, 2.75) is 26.1 Å². The number of hydrogen-bond acceptors (Lipinski definition) is 7. The number of imidazole rings is 1. The van der Waals surface area contributed by atoms with Crippen LogP contribution < -0.4 is 26.0 Å². The molecule has 4 aromatic rings. The fourth-order valence-electron chi connectivity index (χ4n) is 3.56. The van der Waals surface area contributed by atoms with Gasteiger partial charge in [-0.25, -0.2) is 4.79 Å². The predicted octanol–water partition coefficient (Wildman–Crippen LogP) is 1.79. The first kappa shape index (κ1) is 23.1. The summed E-state index contributed by atoms with van der Waals surface area (Å²) in [5.41, 5.74) is 1.46. The van der Waals surface area contributed by atoms with Crippen molar-refractivity contribution in [2.24, 2.45) is 7.05 Å². The molecule has 0 saturated heterocycles. The zero-order valence-corrected chi connectivity index (χ0v) is 19.2. The minimum absolute atomic E-state index is 0.00687. The fourth-order valence-corrected chi connectivity index (χ4v) is 3.56. The van der Waals surface area contributed by atoms with Gasteiger partial charge in [-0.1, -0.05) is 29.8 Å². The molecule has 3 N–H and O–H groups in total. The van der Waals surface area contributed by atoms with Crippen LogP contribution in [0.3, 0.4) is 0 Å². The van der Waals surface area contributed by atoms with E-state index < -0.39 is 17.4 Å². The Bertz CT molecular complexity index is 1390. The topological polar surface area (TPSA) is 123 Å². The molecular weight excluding hydrogens is 438 g/mol. The number of aryl methyl sites for hydroxylation is 2. The minimum atomic E-state index is -0.948. The van der Waals surface area contributed by atoms with Gasteiger partial charge in [0.1, 0.15) is 24.2 Å². The molecule has 0 unspecified atom stereocenters. The second-order valence-electron chi connectivity index (χ2n) is 8.02. The quantitative estimate of drug-likeness (QED) is 0.344. The molecule has 2 aromatic carbocycles. The van der Waals surface area contributed by atoms with Gasteiger partial charge < -0.3 is 24.5 Å². The van der Waals surface area contributed by atoms with Gasteiger partial charge in [0.05, 0.1) is 13.7 Å². The first-order chi connectivity index (χ1) is 16.4. The molecule has 178 valence electrons. The number of methoxy groups -OCH3 is 1. The summed E-state index contributed by atoms with van der Waals surface area (Å²) in [5.74, 6) is 1.64. The number of nitrogens with one attached hydrogen (secondary N) is 2. The molecule has 10 nitrogen and oxygen atoms in total. The summed E-state index contributed by atoms with van der Waals surface area (Å²) in [7, 11) is 3.11. The van der Waals surface area contributed by atoms with Crippen molar-refractivity contribution in [3.8, 4) is 11.5 Å². The maximum absolute atomic E-state index is 12.6. The highest BCUT2D eigenvalue weighted by Gasteiger charge is 2.20. The maximum atomic E-state index is 12.6. The zero-order chi connectivity index (χ0) is 24.2. The van der Waals surface area contributed by atoms with E-state index in [0.717, 1.165) is 11.1 Å². The standard InChI is InChI=1S/C24H27N5O5/c1-15-4-6-16(7-5-15)12-25-23-26-21-20(22(31)27-24(32)28(21)2)29(23)13-17(30)14-34-19-10-8-18(33-3)9-11-19/h4-11,17,30H,12-14H2,1-3H3,(H,25,26)(H,27,31,32)/t17-/m1/s1. The van der Waals surface area contributed by atoms with Crippen LogP contribution in [-0.4, -0.2) is 44.0 Å². The van der Waals surface area contributed by atoms with E-state index >= 15 is 0 Å². The van der Waals surface area contributed by atoms with Crippen molar-refractivity contribution in [3.05, 3.63) is 80.5 Å². The average Bonchev–Trinajstić information content (AvgIpc) is 3.20. The van der Waals surface area contributed by atoms with E-state index in [2.05, 4.69) is 15.3 Å². The molecule has 4 rings (SSSR count). The van der Waals surface area contributed by atoms with Gasteiger partial charge in [-0.15, -0.1) is 0 Å². The van der Waals surface area contributed by atoms with E-state index in [9.17, 15) is 14.7 Å². The van der Waals surface area contributed by atoms with Crippen molar-refractivity contribution < 1.29 is 14.6 Å². The fraction of sp³-hybridized carbons (Fsp3) is 0.292. The Morgan fingerprint density at radius 1 is 1.09 bits per heavy atom. The second kappa shape index (κ2) is 9.84. The number of nitrogens with zero attached hydrogens (tertiary/aromatic N) is 3. The number of benzene rings is 2. The third-order valence-electron chi connectivity index (χ3n) is 5.47. The van der Waals surface area contributed by atoms with E-state index in [4.69, 9.17) is 9.47 Å². The summed E-state index contributed by atoms with van der Waals surface area (Å²) < 4.78 is 13.7. The Labute approximate surface area is 195 Å². The monoisotopic (exact) mass is 465 g/mol. The number of aliphatic hydroxyl groups is 1. The Morgan fingerprint density at radius 2 is 1.76 bits per heavy atom. The lowest BCUT2D eigenvalue weighted by molar-refractivity contribution is 0.0938. The number of rotatable bonds is 9. The number of aliphatic hydroxyl groups excluding tert-OH is 1. The highest BCUT2D eigenvalue weighted by atomic mass is 16.5. The molecule has 2 aromatic heterocycles. The summed E-state index contributed by atoms with van der Waals surface area (Å²) in [6, 6.07) is 15.0. The summed E-state index contributed by atoms with van der Waals surface area (Å²) in [6.07, 6.45) is -0.948. The zero-order valence-electron chi connectivity index (χ0n) is 19.2. The third-order valence-corrected chi connectivity index (χ3v) is 5.47. The third kappa shape index (κ3) is 4.96. The highest BCUT2D eigenvalue weighted by molar-refractivity contribution is 5.74. The molecule has 2 heterocycles. The molecule has 0 radical (unpaired) electrons. The van der Waals surface area contributed by atoms with Gasteiger partial charge >= 0.3 is 5.69 Å². The number of ether oxygens (including phenoxy) is 2. The number of hydrogen-bond donors (Lipinski definition) is 3.